The van der Waals surface area contributed by atoms with Crippen LogP contribution in [0.5, 0.6) is 0 Å². The predicted molar refractivity (Wildman–Crippen MR) is 87.4 cm³/mol. The van der Waals surface area contributed by atoms with Crippen LogP contribution in [0.2, 0.25) is 5.02 Å². The molecule has 0 aliphatic carbocycles. The highest BCUT2D eigenvalue weighted by Gasteiger charge is 2.13. The monoisotopic (exact) mass is 341 g/mol. The standard InChI is InChI=1S/C12H12ClN5OS2/c1-7-15-16-12(21-2)18(7)17-11(20)14-10(19)8-5-3-4-6-9(8)13/h3-6H,1-2H3,(H2,14,17,19,20). The third-order valence-corrected chi connectivity index (χ3v) is 3.69. The maximum absolute atomic E-state index is 12.1. The molecule has 1 amide bonds. The third kappa shape index (κ3) is 3.72. The molecule has 0 unspecified atom stereocenters. The van der Waals surface area contributed by atoms with Gasteiger partial charge in [-0.3, -0.25) is 15.5 Å². The highest BCUT2D eigenvalue weighted by molar-refractivity contribution is 7.98. The lowest BCUT2D eigenvalue weighted by atomic mass is 10.2. The Bertz CT molecular complexity index is 688. The molecule has 1 heterocycles. The van der Waals surface area contributed by atoms with Crippen LogP contribution in [0.15, 0.2) is 29.4 Å². The average molecular weight is 342 g/mol. The first-order valence-electron chi connectivity index (χ1n) is 5.85. The molecule has 0 radical (unpaired) electrons. The molecule has 0 saturated carbocycles. The van der Waals surface area contributed by atoms with Crippen LogP contribution >= 0.6 is 35.6 Å². The maximum atomic E-state index is 12.1. The largest absolute Gasteiger partial charge is 0.298 e. The van der Waals surface area contributed by atoms with Crippen LogP contribution in [-0.2, 0) is 0 Å². The van der Waals surface area contributed by atoms with Crippen molar-refractivity contribution in [2.75, 3.05) is 11.7 Å². The van der Waals surface area contributed by atoms with E-state index in [2.05, 4.69) is 20.9 Å². The van der Waals surface area contributed by atoms with Gasteiger partial charge in [0.05, 0.1) is 10.6 Å². The van der Waals surface area contributed by atoms with Crippen molar-refractivity contribution in [3.63, 3.8) is 0 Å². The maximum Gasteiger partial charge on any atom is 0.258 e. The average Bonchev–Trinajstić information content (AvgIpc) is 2.80. The number of thiocarbonyl (C=S) groups is 1. The minimum absolute atomic E-state index is 0.137. The van der Waals surface area contributed by atoms with Crippen LogP contribution in [0.25, 0.3) is 0 Å². The Morgan fingerprint density at radius 1 is 1.38 bits per heavy atom. The zero-order valence-corrected chi connectivity index (χ0v) is 13.6. The molecule has 1 aromatic carbocycles. The fourth-order valence-corrected chi connectivity index (χ4v) is 2.44. The van der Waals surface area contributed by atoms with Gasteiger partial charge in [-0.1, -0.05) is 35.5 Å². The number of carbonyl (C=O) groups excluding carboxylic acids is 1. The summed E-state index contributed by atoms with van der Waals surface area (Å²) in [6, 6.07) is 6.74. The second kappa shape index (κ2) is 6.88. The zero-order valence-electron chi connectivity index (χ0n) is 11.3. The van der Waals surface area contributed by atoms with E-state index in [4.69, 9.17) is 23.8 Å². The summed E-state index contributed by atoms with van der Waals surface area (Å²) in [6.07, 6.45) is 1.87. The quantitative estimate of drug-likeness (QED) is 0.659. The van der Waals surface area contributed by atoms with E-state index < -0.39 is 0 Å². The minimum atomic E-state index is -0.380. The first-order valence-corrected chi connectivity index (χ1v) is 7.87. The van der Waals surface area contributed by atoms with Crippen molar-refractivity contribution < 1.29 is 4.79 Å². The first-order chi connectivity index (χ1) is 10.0. The van der Waals surface area contributed by atoms with Crippen molar-refractivity contribution in [3.05, 3.63) is 40.7 Å². The Kier molecular flexibility index (Phi) is 5.16. The highest BCUT2D eigenvalue weighted by Crippen LogP contribution is 2.14. The number of hydrogen-bond acceptors (Lipinski definition) is 5. The summed E-state index contributed by atoms with van der Waals surface area (Å²) in [5.74, 6) is 0.253. The van der Waals surface area contributed by atoms with Crippen molar-refractivity contribution in [2.24, 2.45) is 0 Å². The number of thioether (sulfide) groups is 1. The van der Waals surface area contributed by atoms with Gasteiger partial charge in [0.15, 0.2) is 5.11 Å². The summed E-state index contributed by atoms with van der Waals surface area (Å²) >= 11 is 12.5. The number of aryl methyl sites for hydroxylation is 1. The molecule has 0 fully saturated rings. The number of amides is 1. The first kappa shape index (κ1) is 15.7. The molecule has 21 heavy (non-hydrogen) atoms. The lowest BCUT2D eigenvalue weighted by Gasteiger charge is -2.12. The molecule has 6 nitrogen and oxygen atoms in total. The number of aromatic nitrogens is 3. The molecule has 0 spiro atoms. The van der Waals surface area contributed by atoms with Crippen molar-refractivity contribution >= 4 is 46.6 Å². The molecular weight excluding hydrogens is 330 g/mol. The van der Waals surface area contributed by atoms with Crippen molar-refractivity contribution in [3.8, 4) is 0 Å². The van der Waals surface area contributed by atoms with Gasteiger partial charge >= 0.3 is 0 Å². The van der Waals surface area contributed by atoms with Gasteiger partial charge in [-0.05, 0) is 37.5 Å². The Morgan fingerprint density at radius 2 is 2.10 bits per heavy atom. The van der Waals surface area contributed by atoms with Gasteiger partial charge in [0.25, 0.3) is 5.91 Å². The number of halogens is 1. The second-order valence-corrected chi connectivity index (χ2v) is 5.53. The SMILES string of the molecule is CSc1nnc(C)n1NC(=S)NC(=O)c1ccccc1Cl. The lowest BCUT2D eigenvalue weighted by Crippen LogP contribution is -2.38. The van der Waals surface area contributed by atoms with E-state index >= 15 is 0 Å². The van der Waals surface area contributed by atoms with E-state index in [-0.39, 0.29) is 11.0 Å². The smallest absolute Gasteiger partial charge is 0.258 e. The second-order valence-electron chi connectivity index (χ2n) is 3.94. The van der Waals surface area contributed by atoms with Crippen LogP contribution < -0.4 is 10.7 Å². The van der Waals surface area contributed by atoms with Crippen LogP contribution in [0, 0.1) is 6.92 Å². The molecule has 2 aromatic rings. The zero-order chi connectivity index (χ0) is 15.4. The fraction of sp³-hybridized carbons (Fsp3) is 0.167. The van der Waals surface area contributed by atoms with Crippen LogP contribution in [0.3, 0.4) is 0 Å². The van der Waals surface area contributed by atoms with E-state index in [9.17, 15) is 4.79 Å². The van der Waals surface area contributed by atoms with Crippen molar-refractivity contribution in [1.82, 2.24) is 20.2 Å². The molecule has 0 aliphatic heterocycles. The molecular formula is C12H12ClN5OS2. The van der Waals surface area contributed by atoms with E-state index in [1.165, 1.54) is 11.8 Å². The van der Waals surface area contributed by atoms with Crippen molar-refractivity contribution in [2.45, 2.75) is 12.1 Å². The Balaban J connectivity index is 2.07. The van der Waals surface area contributed by atoms with Crippen LogP contribution in [-0.4, -0.2) is 32.1 Å². The summed E-state index contributed by atoms with van der Waals surface area (Å²) in [4.78, 5) is 12.1. The molecule has 0 saturated heterocycles. The number of rotatable bonds is 3. The molecule has 0 atom stereocenters. The number of nitrogens with zero attached hydrogens (tertiary/aromatic N) is 3. The van der Waals surface area contributed by atoms with Gasteiger partial charge in [-0.25, -0.2) is 4.68 Å². The van der Waals surface area contributed by atoms with Crippen LogP contribution in [0.1, 0.15) is 16.2 Å². The molecule has 110 valence electrons. The number of hydrogen-bond donors (Lipinski definition) is 2. The fourth-order valence-electron chi connectivity index (χ4n) is 1.55. The summed E-state index contributed by atoms with van der Waals surface area (Å²) in [5.41, 5.74) is 3.21. The summed E-state index contributed by atoms with van der Waals surface area (Å²) in [7, 11) is 0. The predicted octanol–water partition coefficient (Wildman–Crippen LogP) is 2.22. The summed E-state index contributed by atoms with van der Waals surface area (Å²) < 4.78 is 1.60. The number of carbonyl (C=O) groups is 1. The molecule has 2 rings (SSSR count). The molecule has 9 heteroatoms. The molecule has 1 aromatic heterocycles. The van der Waals surface area contributed by atoms with E-state index in [0.29, 0.717) is 21.6 Å². The number of benzene rings is 1. The van der Waals surface area contributed by atoms with Gasteiger partial charge in [-0.2, -0.15) is 0 Å². The van der Waals surface area contributed by atoms with E-state index in [1.807, 2.05) is 6.26 Å². The molecule has 0 bridgehead atoms. The van der Waals surface area contributed by atoms with Gasteiger partial charge in [0.2, 0.25) is 5.16 Å². The number of nitrogens with one attached hydrogen (secondary N) is 2. The Labute approximate surface area is 136 Å². The van der Waals surface area contributed by atoms with Gasteiger partial charge in [0.1, 0.15) is 5.82 Å². The third-order valence-electron chi connectivity index (χ3n) is 2.54. The normalized spacial score (nSPS) is 10.2. The van der Waals surface area contributed by atoms with Gasteiger partial charge in [0, 0.05) is 0 Å². The van der Waals surface area contributed by atoms with E-state index in [0.717, 1.165) is 0 Å². The minimum Gasteiger partial charge on any atom is -0.298 e. The Morgan fingerprint density at radius 3 is 2.76 bits per heavy atom. The highest BCUT2D eigenvalue weighted by atomic mass is 35.5. The van der Waals surface area contributed by atoms with Gasteiger partial charge < -0.3 is 0 Å². The topological polar surface area (TPSA) is 71.8 Å². The van der Waals surface area contributed by atoms with Crippen molar-refractivity contribution in [1.29, 1.82) is 0 Å². The molecule has 2 N–H and O–H groups in total. The summed E-state index contributed by atoms with van der Waals surface area (Å²) in [5, 5.41) is 11.6. The summed E-state index contributed by atoms with van der Waals surface area (Å²) in [6.45, 7) is 1.78. The van der Waals surface area contributed by atoms with E-state index in [1.54, 1.807) is 35.9 Å². The lowest BCUT2D eigenvalue weighted by molar-refractivity contribution is 0.0977. The van der Waals surface area contributed by atoms with Crippen LogP contribution in [0.4, 0.5) is 0 Å². The molecule has 0 aliphatic rings. The Hall–Kier alpha value is -1.64. The van der Waals surface area contributed by atoms with Gasteiger partial charge in [-0.15, -0.1) is 10.2 Å².